The van der Waals surface area contributed by atoms with Crippen molar-refractivity contribution in [3.8, 4) is 11.8 Å². The van der Waals surface area contributed by atoms with E-state index in [-0.39, 0.29) is 5.69 Å². The van der Waals surface area contributed by atoms with Crippen LogP contribution in [-0.4, -0.2) is 18.6 Å². The van der Waals surface area contributed by atoms with E-state index in [1.54, 1.807) is 7.05 Å². The molecule has 0 aliphatic heterocycles. The van der Waals surface area contributed by atoms with Crippen LogP contribution in [0.25, 0.3) is 0 Å². The molecule has 16 heavy (non-hydrogen) atoms. The highest BCUT2D eigenvalue weighted by Crippen LogP contribution is 2.30. The lowest BCUT2D eigenvalue weighted by molar-refractivity contribution is -0.138. The highest BCUT2D eigenvalue weighted by Gasteiger charge is 2.33. The number of hydrogen-bond donors (Lipinski definition) is 1. The molecule has 0 amide bonds. The molecule has 1 heterocycles. The normalized spacial score (nSPS) is 10.8. The molecule has 0 spiro atoms. The largest absolute Gasteiger partial charge is 0.419 e. The van der Waals surface area contributed by atoms with Crippen LogP contribution in [0.4, 0.5) is 13.2 Å². The predicted molar refractivity (Wildman–Crippen MR) is 54.7 cm³/mol. The van der Waals surface area contributed by atoms with E-state index in [9.17, 15) is 13.2 Å². The van der Waals surface area contributed by atoms with E-state index < -0.39 is 11.7 Å². The Labute approximate surface area is 91.9 Å². The number of hydrogen-bond acceptors (Lipinski definition) is 2. The van der Waals surface area contributed by atoms with Gasteiger partial charge in [-0.2, -0.15) is 13.2 Å². The number of rotatable bonds is 2. The van der Waals surface area contributed by atoms with Crippen molar-refractivity contribution in [1.29, 1.82) is 0 Å². The number of alkyl halides is 3. The van der Waals surface area contributed by atoms with Crippen LogP contribution >= 0.6 is 0 Å². The quantitative estimate of drug-likeness (QED) is 0.619. The second kappa shape index (κ2) is 5.52. The van der Waals surface area contributed by atoms with Crippen molar-refractivity contribution < 1.29 is 13.2 Å². The van der Waals surface area contributed by atoms with Gasteiger partial charge in [0.25, 0.3) is 0 Å². The van der Waals surface area contributed by atoms with Gasteiger partial charge in [0.1, 0.15) is 5.69 Å². The van der Waals surface area contributed by atoms with Crippen molar-refractivity contribution in [2.24, 2.45) is 0 Å². The molecule has 1 aromatic rings. The SMILES string of the molecule is CNCCC#Cc1ncccc1C(F)(F)F. The van der Waals surface area contributed by atoms with Gasteiger partial charge in [0.05, 0.1) is 5.56 Å². The first kappa shape index (κ1) is 12.5. The molecule has 1 N–H and O–H groups in total. The van der Waals surface area contributed by atoms with Crippen molar-refractivity contribution in [3.05, 3.63) is 29.6 Å². The second-order valence-electron chi connectivity index (χ2n) is 3.05. The van der Waals surface area contributed by atoms with Gasteiger partial charge in [0, 0.05) is 19.2 Å². The van der Waals surface area contributed by atoms with Gasteiger partial charge < -0.3 is 5.32 Å². The van der Waals surface area contributed by atoms with Gasteiger partial charge in [-0.1, -0.05) is 5.92 Å². The van der Waals surface area contributed by atoms with E-state index in [0.717, 1.165) is 6.07 Å². The first-order chi connectivity index (χ1) is 7.55. The highest BCUT2D eigenvalue weighted by atomic mass is 19.4. The van der Waals surface area contributed by atoms with Crippen LogP contribution in [0, 0.1) is 11.8 Å². The monoisotopic (exact) mass is 228 g/mol. The van der Waals surface area contributed by atoms with Gasteiger partial charge in [0.2, 0.25) is 0 Å². The van der Waals surface area contributed by atoms with Crippen LogP contribution in [0.2, 0.25) is 0 Å². The van der Waals surface area contributed by atoms with Crippen LogP contribution in [0.1, 0.15) is 17.7 Å². The third-order valence-electron chi connectivity index (χ3n) is 1.82. The van der Waals surface area contributed by atoms with Gasteiger partial charge in [-0.05, 0) is 25.1 Å². The second-order valence-corrected chi connectivity index (χ2v) is 3.05. The summed E-state index contributed by atoms with van der Waals surface area (Å²) in [4.78, 5) is 3.63. The van der Waals surface area contributed by atoms with E-state index in [2.05, 4.69) is 22.1 Å². The zero-order valence-electron chi connectivity index (χ0n) is 8.73. The lowest BCUT2D eigenvalue weighted by Gasteiger charge is -2.07. The number of pyridine rings is 1. The molecule has 1 aromatic heterocycles. The summed E-state index contributed by atoms with van der Waals surface area (Å²) >= 11 is 0. The Morgan fingerprint density at radius 1 is 1.44 bits per heavy atom. The average molecular weight is 228 g/mol. The van der Waals surface area contributed by atoms with Crippen LogP contribution in [0.5, 0.6) is 0 Å². The van der Waals surface area contributed by atoms with Gasteiger partial charge in [-0.15, -0.1) is 0 Å². The molecular weight excluding hydrogens is 217 g/mol. The Hall–Kier alpha value is -1.54. The summed E-state index contributed by atoms with van der Waals surface area (Å²) in [5, 5.41) is 2.85. The van der Waals surface area contributed by atoms with E-state index in [1.165, 1.54) is 12.3 Å². The summed E-state index contributed by atoms with van der Waals surface area (Å²) in [5.41, 5.74) is -1.00. The minimum atomic E-state index is -4.40. The van der Waals surface area contributed by atoms with Crippen LogP contribution in [0.3, 0.4) is 0 Å². The van der Waals surface area contributed by atoms with E-state index in [4.69, 9.17) is 0 Å². The molecule has 0 aliphatic carbocycles. The molecule has 0 aliphatic rings. The standard InChI is InChI=1S/C11H11F3N2/c1-15-7-3-2-6-10-9(11(12,13)14)5-4-8-16-10/h4-5,8,15H,3,7H2,1H3. The first-order valence-corrected chi connectivity index (χ1v) is 4.71. The molecular formula is C11H11F3N2. The number of aromatic nitrogens is 1. The van der Waals surface area contributed by atoms with Crippen molar-refractivity contribution in [2.75, 3.05) is 13.6 Å². The molecule has 0 bridgehead atoms. The average Bonchev–Trinajstić information content (AvgIpc) is 2.24. The minimum absolute atomic E-state index is 0.217. The first-order valence-electron chi connectivity index (χ1n) is 4.71. The maximum Gasteiger partial charge on any atom is 0.419 e. The number of nitrogens with one attached hydrogen (secondary N) is 1. The molecule has 0 fully saturated rings. The molecule has 0 radical (unpaired) electrons. The fourth-order valence-corrected chi connectivity index (χ4v) is 1.07. The molecule has 0 atom stereocenters. The molecule has 0 saturated heterocycles. The van der Waals surface area contributed by atoms with Crippen LogP contribution < -0.4 is 5.32 Å². The Bertz CT molecular complexity index is 402. The lowest BCUT2D eigenvalue weighted by atomic mass is 10.2. The van der Waals surface area contributed by atoms with Crippen molar-refractivity contribution in [1.82, 2.24) is 10.3 Å². The van der Waals surface area contributed by atoms with Crippen molar-refractivity contribution >= 4 is 0 Å². The zero-order chi connectivity index (χ0) is 12.0. The summed E-state index contributed by atoms with van der Waals surface area (Å²) < 4.78 is 37.5. The summed E-state index contributed by atoms with van der Waals surface area (Å²) in [7, 11) is 1.75. The molecule has 5 heteroatoms. The zero-order valence-corrected chi connectivity index (χ0v) is 8.73. The highest BCUT2D eigenvalue weighted by molar-refractivity contribution is 5.37. The van der Waals surface area contributed by atoms with Gasteiger partial charge in [0.15, 0.2) is 0 Å². The van der Waals surface area contributed by atoms with Gasteiger partial charge >= 0.3 is 6.18 Å². The third kappa shape index (κ3) is 3.55. The third-order valence-corrected chi connectivity index (χ3v) is 1.82. The smallest absolute Gasteiger partial charge is 0.319 e. The van der Waals surface area contributed by atoms with Gasteiger partial charge in [-0.3, -0.25) is 0 Å². The van der Waals surface area contributed by atoms with Crippen LogP contribution in [-0.2, 0) is 6.18 Å². The predicted octanol–water partition coefficient (Wildman–Crippen LogP) is 2.06. The maximum atomic E-state index is 12.5. The topological polar surface area (TPSA) is 24.9 Å². The fraction of sp³-hybridized carbons (Fsp3) is 0.364. The van der Waals surface area contributed by atoms with E-state index in [1.807, 2.05) is 0 Å². The Kier molecular flexibility index (Phi) is 4.32. The summed E-state index contributed by atoms with van der Waals surface area (Å²) in [5.74, 6) is 5.07. The van der Waals surface area contributed by atoms with Crippen molar-refractivity contribution in [3.63, 3.8) is 0 Å². The Morgan fingerprint density at radius 3 is 2.81 bits per heavy atom. The summed E-state index contributed by atoms with van der Waals surface area (Å²) in [6.07, 6.45) is -2.61. The summed E-state index contributed by atoms with van der Waals surface area (Å²) in [6, 6.07) is 2.23. The number of nitrogens with zero attached hydrogens (tertiary/aromatic N) is 1. The Morgan fingerprint density at radius 2 is 2.19 bits per heavy atom. The lowest BCUT2D eigenvalue weighted by Crippen LogP contribution is -2.09. The Balaban J connectivity index is 2.90. The molecule has 0 unspecified atom stereocenters. The fourth-order valence-electron chi connectivity index (χ4n) is 1.07. The minimum Gasteiger partial charge on any atom is -0.319 e. The maximum absolute atomic E-state index is 12.5. The van der Waals surface area contributed by atoms with E-state index in [0.29, 0.717) is 13.0 Å². The molecule has 86 valence electrons. The number of halogens is 3. The van der Waals surface area contributed by atoms with E-state index >= 15 is 0 Å². The molecule has 0 saturated carbocycles. The molecule has 0 aromatic carbocycles. The van der Waals surface area contributed by atoms with Crippen molar-refractivity contribution in [2.45, 2.75) is 12.6 Å². The molecule has 1 rings (SSSR count). The van der Waals surface area contributed by atoms with Gasteiger partial charge in [-0.25, -0.2) is 4.98 Å². The molecule has 2 nitrogen and oxygen atoms in total. The summed E-state index contributed by atoms with van der Waals surface area (Å²) in [6.45, 7) is 0.640. The van der Waals surface area contributed by atoms with Crippen LogP contribution in [0.15, 0.2) is 18.3 Å².